The topological polar surface area (TPSA) is 52.7 Å². The molecule has 0 radical (unpaired) electrons. The van der Waals surface area contributed by atoms with Crippen LogP contribution in [0.25, 0.3) is 0 Å². The molecule has 0 unspecified atom stereocenters. The maximum atomic E-state index is 13.9. The van der Waals surface area contributed by atoms with Crippen LogP contribution in [0.5, 0.6) is 0 Å². The van der Waals surface area contributed by atoms with Gasteiger partial charge >= 0.3 is 0 Å². The van der Waals surface area contributed by atoms with Gasteiger partial charge in [0.05, 0.1) is 5.56 Å². The van der Waals surface area contributed by atoms with Crippen LogP contribution in [0.1, 0.15) is 37.0 Å². The second kappa shape index (κ2) is 9.54. The van der Waals surface area contributed by atoms with Gasteiger partial charge < -0.3 is 15.1 Å². The van der Waals surface area contributed by atoms with Crippen molar-refractivity contribution in [2.75, 3.05) is 36.4 Å². The molecule has 3 rings (SSSR count). The molecule has 29 heavy (non-hydrogen) atoms. The molecule has 5 nitrogen and oxygen atoms in total. The number of halogens is 1. The maximum absolute atomic E-state index is 13.9. The highest BCUT2D eigenvalue weighted by atomic mass is 19.1. The Hall–Kier alpha value is -2.89. The summed E-state index contributed by atoms with van der Waals surface area (Å²) in [5.74, 6) is -1.000. The van der Waals surface area contributed by atoms with Crippen LogP contribution in [0.4, 0.5) is 15.8 Å². The average molecular weight is 397 g/mol. The zero-order chi connectivity index (χ0) is 20.8. The second-order valence-corrected chi connectivity index (χ2v) is 7.25. The van der Waals surface area contributed by atoms with E-state index in [0.29, 0.717) is 25.9 Å². The number of carbonyl (C=O) groups excluding carboxylic acids is 2. The van der Waals surface area contributed by atoms with Gasteiger partial charge in [0.1, 0.15) is 5.82 Å². The number of nitrogens with zero attached hydrogens (tertiary/aromatic N) is 2. The first-order chi connectivity index (χ1) is 14.0. The minimum absolute atomic E-state index is 0.0291. The first-order valence-corrected chi connectivity index (χ1v) is 10.2. The molecule has 154 valence electrons. The van der Waals surface area contributed by atoms with Gasteiger partial charge in [0.2, 0.25) is 5.91 Å². The average Bonchev–Trinajstić information content (AvgIpc) is 2.76. The summed E-state index contributed by atoms with van der Waals surface area (Å²) in [4.78, 5) is 29.0. The largest absolute Gasteiger partial charge is 0.372 e. The maximum Gasteiger partial charge on any atom is 0.256 e. The van der Waals surface area contributed by atoms with Crippen LogP contribution in [0, 0.1) is 11.7 Å². The van der Waals surface area contributed by atoms with Gasteiger partial charge in [-0.25, -0.2) is 4.39 Å². The number of benzene rings is 2. The molecular formula is C23H28FN3O2. The Morgan fingerprint density at radius 2 is 1.66 bits per heavy atom. The number of likely N-dealkylation sites (tertiary alicyclic amines) is 1. The van der Waals surface area contributed by atoms with E-state index in [0.717, 1.165) is 24.5 Å². The molecule has 1 aliphatic rings. The SMILES string of the molecule is CCN(CC)c1ccc(NC(=O)C2CCN(C(=O)c3ccccc3F)CC2)cc1. The van der Waals surface area contributed by atoms with Gasteiger partial charge in [0, 0.05) is 43.5 Å². The number of hydrogen-bond acceptors (Lipinski definition) is 3. The van der Waals surface area contributed by atoms with Gasteiger partial charge in [0.15, 0.2) is 0 Å². The molecule has 1 fully saturated rings. The van der Waals surface area contributed by atoms with E-state index in [-0.39, 0.29) is 23.3 Å². The van der Waals surface area contributed by atoms with E-state index >= 15 is 0 Å². The van der Waals surface area contributed by atoms with Crippen LogP contribution in [0.2, 0.25) is 0 Å². The molecule has 1 heterocycles. The van der Waals surface area contributed by atoms with E-state index in [9.17, 15) is 14.0 Å². The number of amides is 2. The summed E-state index contributed by atoms with van der Waals surface area (Å²) >= 11 is 0. The molecule has 2 aromatic carbocycles. The van der Waals surface area contributed by atoms with Gasteiger partial charge in [0.25, 0.3) is 5.91 Å². The number of anilines is 2. The first-order valence-electron chi connectivity index (χ1n) is 10.2. The van der Waals surface area contributed by atoms with Crippen LogP contribution >= 0.6 is 0 Å². The van der Waals surface area contributed by atoms with Crippen molar-refractivity contribution in [1.82, 2.24) is 4.90 Å². The van der Waals surface area contributed by atoms with Crippen molar-refractivity contribution < 1.29 is 14.0 Å². The van der Waals surface area contributed by atoms with E-state index in [1.807, 2.05) is 24.3 Å². The highest BCUT2D eigenvalue weighted by molar-refractivity contribution is 5.95. The third-order valence-electron chi connectivity index (χ3n) is 5.52. The van der Waals surface area contributed by atoms with Crippen LogP contribution in [-0.2, 0) is 4.79 Å². The second-order valence-electron chi connectivity index (χ2n) is 7.25. The summed E-state index contributed by atoms with van der Waals surface area (Å²) in [6.45, 7) is 7.00. The number of carbonyl (C=O) groups is 2. The van der Waals surface area contributed by atoms with Gasteiger partial charge in [-0.2, -0.15) is 0 Å². The normalized spacial score (nSPS) is 14.5. The predicted molar refractivity (Wildman–Crippen MR) is 114 cm³/mol. The molecule has 2 amide bonds. The third-order valence-corrected chi connectivity index (χ3v) is 5.52. The Bertz CT molecular complexity index is 841. The Labute approximate surface area is 171 Å². The van der Waals surface area contributed by atoms with Crippen molar-refractivity contribution in [2.45, 2.75) is 26.7 Å². The lowest BCUT2D eigenvalue weighted by Crippen LogP contribution is -2.41. The minimum Gasteiger partial charge on any atom is -0.372 e. The van der Waals surface area contributed by atoms with Crippen molar-refractivity contribution in [3.05, 3.63) is 59.9 Å². The standard InChI is InChI=1S/C23H28FN3O2/c1-3-26(4-2)19-11-9-18(10-12-19)25-22(28)17-13-15-27(16-14-17)23(29)20-7-5-6-8-21(20)24/h5-12,17H,3-4,13-16H2,1-2H3,(H,25,28). The molecule has 0 aliphatic carbocycles. The van der Waals surface area contributed by atoms with Crippen molar-refractivity contribution in [3.8, 4) is 0 Å². The zero-order valence-electron chi connectivity index (χ0n) is 17.0. The Morgan fingerprint density at radius 1 is 1.03 bits per heavy atom. The summed E-state index contributed by atoms with van der Waals surface area (Å²) in [5, 5.41) is 2.98. The van der Waals surface area contributed by atoms with E-state index in [1.165, 1.54) is 12.1 Å². The van der Waals surface area contributed by atoms with Crippen LogP contribution in [0.3, 0.4) is 0 Å². The van der Waals surface area contributed by atoms with Crippen LogP contribution in [0.15, 0.2) is 48.5 Å². The minimum atomic E-state index is -0.509. The molecule has 0 atom stereocenters. The molecular weight excluding hydrogens is 369 g/mol. The molecule has 0 saturated carbocycles. The molecule has 0 spiro atoms. The summed E-state index contributed by atoms with van der Waals surface area (Å²) in [6, 6.07) is 13.9. The van der Waals surface area contributed by atoms with Gasteiger partial charge in [-0.15, -0.1) is 0 Å². The van der Waals surface area contributed by atoms with E-state index in [4.69, 9.17) is 0 Å². The fraction of sp³-hybridized carbons (Fsp3) is 0.391. The van der Waals surface area contributed by atoms with E-state index in [2.05, 4.69) is 24.1 Å². The van der Waals surface area contributed by atoms with E-state index < -0.39 is 5.82 Å². The lowest BCUT2D eigenvalue weighted by Gasteiger charge is -2.31. The number of nitrogens with one attached hydrogen (secondary N) is 1. The van der Waals surface area contributed by atoms with Crippen molar-refractivity contribution in [3.63, 3.8) is 0 Å². The molecule has 0 bridgehead atoms. The van der Waals surface area contributed by atoms with Crippen molar-refractivity contribution in [1.29, 1.82) is 0 Å². The fourth-order valence-corrected chi connectivity index (χ4v) is 3.74. The summed E-state index contributed by atoms with van der Waals surface area (Å²) < 4.78 is 13.9. The quantitative estimate of drug-likeness (QED) is 0.796. The Kier molecular flexibility index (Phi) is 6.86. The molecule has 1 saturated heterocycles. The highest BCUT2D eigenvalue weighted by Crippen LogP contribution is 2.23. The first kappa shape index (κ1) is 20.8. The third kappa shape index (κ3) is 4.94. The van der Waals surface area contributed by atoms with Crippen LogP contribution in [-0.4, -0.2) is 42.9 Å². The Morgan fingerprint density at radius 3 is 2.24 bits per heavy atom. The summed E-state index contributed by atoms with van der Waals surface area (Å²) in [6.07, 6.45) is 1.15. The molecule has 2 aromatic rings. The molecule has 0 aromatic heterocycles. The molecule has 1 aliphatic heterocycles. The number of rotatable bonds is 6. The van der Waals surface area contributed by atoms with Gasteiger partial charge in [-0.1, -0.05) is 12.1 Å². The number of piperidine rings is 1. The lowest BCUT2D eigenvalue weighted by atomic mass is 9.95. The highest BCUT2D eigenvalue weighted by Gasteiger charge is 2.28. The summed E-state index contributed by atoms with van der Waals surface area (Å²) in [5.41, 5.74) is 1.99. The van der Waals surface area contributed by atoms with Crippen LogP contribution < -0.4 is 10.2 Å². The van der Waals surface area contributed by atoms with Crippen molar-refractivity contribution >= 4 is 23.2 Å². The lowest BCUT2D eigenvalue weighted by molar-refractivity contribution is -0.121. The zero-order valence-corrected chi connectivity index (χ0v) is 17.0. The van der Waals surface area contributed by atoms with Gasteiger partial charge in [-0.05, 0) is 63.1 Å². The van der Waals surface area contributed by atoms with Crippen molar-refractivity contribution in [2.24, 2.45) is 5.92 Å². The monoisotopic (exact) mass is 397 g/mol. The molecule has 1 N–H and O–H groups in total. The number of hydrogen-bond donors (Lipinski definition) is 1. The molecule has 6 heteroatoms. The summed E-state index contributed by atoms with van der Waals surface area (Å²) in [7, 11) is 0. The van der Waals surface area contributed by atoms with Gasteiger partial charge in [-0.3, -0.25) is 9.59 Å². The van der Waals surface area contributed by atoms with E-state index in [1.54, 1.807) is 17.0 Å². The Balaban J connectivity index is 1.54. The smallest absolute Gasteiger partial charge is 0.256 e. The predicted octanol–water partition coefficient (Wildman–Crippen LogP) is 4.16. The fourth-order valence-electron chi connectivity index (χ4n) is 3.74.